The number of nitrogens with zero attached hydrogens (tertiary/aromatic N) is 1. The van der Waals surface area contributed by atoms with E-state index in [1.165, 1.54) is 0 Å². The highest BCUT2D eigenvalue weighted by Gasteiger charge is 2.32. The van der Waals surface area contributed by atoms with Crippen LogP contribution < -0.4 is 10.6 Å². The maximum absolute atomic E-state index is 11.8. The first kappa shape index (κ1) is 16.0. The Kier molecular flexibility index (Phi) is 4.75. The van der Waals surface area contributed by atoms with Crippen LogP contribution in [0.25, 0.3) is 0 Å². The quantitative estimate of drug-likeness (QED) is 0.778. The molecule has 2 amide bonds. The van der Waals surface area contributed by atoms with Crippen molar-refractivity contribution in [1.29, 1.82) is 0 Å². The van der Waals surface area contributed by atoms with E-state index in [1.807, 2.05) is 0 Å². The second kappa shape index (κ2) is 5.94. The first-order valence-corrected chi connectivity index (χ1v) is 6.32. The van der Waals surface area contributed by atoms with Gasteiger partial charge in [-0.15, -0.1) is 0 Å². The second-order valence-electron chi connectivity index (χ2n) is 5.77. The topological polar surface area (TPSA) is 104 Å². The predicted molar refractivity (Wildman–Crippen MR) is 72.2 cm³/mol. The summed E-state index contributed by atoms with van der Waals surface area (Å²) in [7, 11) is 0. The smallest absolute Gasteiger partial charge is 0.326 e. The number of carbonyl (C=O) groups excluding carboxylic acids is 1. The number of aryl methyl sites for hydroxylation is 2. The van der Waals surface area contributed by atoms with Crippen molar-refractivity contribution in [2.45, 2.75) is 47.2 Å². The van der Waals surface area contributed by atoms with Gasteiger partial charge in [-0.25, -0.2) is 9.59 Å². The summed E-state index contributed by atoms with van der Waals surface area (Å²) in [5.41, 5.74) is 0.919. The number of rotatable bonds is 4. The van der Waals surface area contributed by atoms with E-state index < -0.39 is 23.5 Å². The second-order valence-corrected chi connectivity index (χ2v) is 5.77. The number of urea groups is 1. The van der Waals surface area contributed by atoms with Crippen LogP contribution in [0, 0.1) is 19.3 Å². The number of aliphatic carboxylic acids is 1. The van der Waals surface area contributed by atoms with Crippen LogP contribution in [-0.4, -0.2) is 28.3 Å². The van der Waals surface area contributed by atoms with Crippen molar-refractivity contribution in [1.82, 2.24) is 15.8 Å². The first-order valence-electron chi connectivity index (χ1n) is 6.32. The molecule has 1 aromatic rings. The van der Waals surface area contributed by atoms with Crippen LogP contribution in [0.5, 0.6) is 0 Å². The summed E-state index contributed by atoms with van der Waals surface area (Å²) < 4.78 is 4.99. The molecule has 0 saturated carbocycles. The summed E-state index contributed by atoms with van der Waals surface area (Å²) >= 11 is 0. The molecule has 20 heavy (non-hydrogen) atoms. The van der Waals surface area contributed by atoms with E-state index in [4.69, 9.17) is 9.63 Å². The number of carboxylic acid groups (broad SMARTS) is 1. The Hall–Kier alpha value is -2.05. The number of hydrogen-bond acceptors (Lipinski definition) is 4. The van der Waals surface area contributed by atoms with Gasteiger partial charge < -0.3 is 20.3 Å². The van der Waals surface area contributed by atoms with E-state index in [0.717, 1.165) is 5.56 Å². The van der Waals surface area contributed by atoms with Gasteiger partial charge in [0.15, 0.2) is 0 Å². The van der Waals surface area contributed by atoms with Gasteiger partial charge in [-0.1, -0.05) is 25.9 Å². The van der Waals surface area contributed by atoms with E-state index >= 15 is 0 Å². The van der Waals surface area contributed by atoms with Gasteiger partial charge in [0.1, 0.15) is 11.8 Å². The van der Waals surface area contributed by atoms with Gasteiger partial charge in [0.25, 0.3) is 0 Å². The number of carbonyl (C=O) groups is 2. The molecule has 0 aliphatic heterocycles. The molecule has 1 aromatic heterocycles. The average molecular weight is 283 g/mol. The van der Waals surface area contributed by atoms with Crippen LogP contribution in [0.4, 0.5) is 4.79 Å². The zero-order valence-electron chi connectivity index (χ0n) is 12.4. The number of amides is 2. The van der Waals surface area contributed by atoms with Gasteiger partial charge in [-0.3, -0.25) is 0 Å². The monoisotopic (exact) mass is 283 g/mol. The van der Waals surface area contributed by atoms with Gasteiger partial charge in [-0.05, 0) is 19.3 Å². The molecule has 0 radical (unpaired) electrons. The van der Waals surface area contributed by atoms with Gasteiger partial charge >= 0.3 is 12.0 Å². The predicted octanol–water partition coefficient (Wildman–Crippen LogP) is 1.59. The zero-order chi connectivity index (χ0) is 15.5. The molecule has 112 valence electrons. The lowest BCUT2D eigenvalue weighted by Gasteiger charge is -2.27. The summed E-state index contributed by atoms with van der Waals surface area (Å²) in [6, 6.07) is -1.50. The van der Waals surface area contributed by atoms with Gasteiger partial charge in [0.2, 0.25) is 0 Å². The van der Waals surface area contributed by atoms with Gasteiger partial charge in [0, 0.05) is 12.1 Å². The minimum absolute atomic E-state index is 0.240. The van der Waals surface area contributed by atoms with Crippen molar-refractivity contribution in [3.8, 4) is 0 Å². The van der Waals surface area contributed by atoms with E-state index in [-0.39, 0.29) is 6.54 Å². The van der Waals surface area contributed by atoms with E-state index in [0.29, 0.717) is 11.5 Å². The Balaban J connectivity index is 2.62. The highest BCUT2D eigenvalue weighted by molar-refractivity contribution is 5.83. The van der Waals surface area contributed by atoms with E-state index in [9.17, 15) is 9.59 Å². The lowest BCUT2D eigenvalue weighted by atomic mass is 9.87. The van der Waals surface area contributed by atoms with Crippen LogP contribution in [0.3, 0.4) is 0 Å². The average Bonchev–Trinajstić information content (AvgIpc) is 2.61. The number of aromatic nitrogens is 1. The van der Waals surface area contributed by atoms with Crippen LogP contribution in [0.15, 0.2) is 4.52 Å². The minimum atomic E-state index is -1.06. The van der Waals surface area contributed by atoms with Crippen molar-refractivity contribution >= 4 is 12.0 Å². The normalized spacial score (nSPS) is 12.8. The molecule has 1 heterocycles. The Morgan fingerprint density at radius 1 is 1.35 bits per heavy atom. The first-order chi connectivity index (χ1) is 9.12. The molecule has 0 bridgehead atoms. The highest BCUT2D eigenvalue weighted by Crippen LogP contribution is 2.19. The molecule has 0 spiro atoms. The Labute approximate surface area is 117 Å². The van der Waals surface area contributed by atoms with Crippen molar-refractivity contribution in [3.63, 3.8) is 0 Å². The van der Waals surface area contributed by atoms with Crippen molar-refractivity contribution < 1.29 is 19.2 Å². The fourth-order valence-electron chi connectivity index (χ4n) is 1.75. The van der Waals surface area contributed by atoms with Crippen molar-refractivity contribution in [2.24, 2.45) is 5.41 Å². The van der Waals surface area contributed by atoms with E-state index in [1.54, 1.807) is 34.6 Å². The standard InChI is InChI=1S/C13H21N3O4/c1-7-9(8(2)20-16-7)6-14-12(19)15-10(11(17)18)13(3,4)5/h10H,6H2,1-5H3,(H,17,18)(H2,14,15,19)/t10-/m1/s1. The third-order valence-corrected chi connectivity index (χ3v) is 3.00. The van der Waals surface area contributed by atoms with Gasteiger partial charge in [-0.2, -0.15) is 0 Å². The third kappa shape index (κ3) is 3.97. The fraction of sp³-hybridized carbons (Fsp3) is 0.615. The Morgan fingerprint density at radius 2 is 1.95 bits per heavy atom. The van der Waals surface area contributed by atoms with Crippen LogP contribution >= 0.6 is 0 Å². The lowest BCUT2D eigenvalue weighted by Crippen LogP contribution is -2.52. The number of carboxylic acids is 1. The molecule has 3 N–H and O–H groups in total. The summed E-state index contributed by atoms with van der Waals surface area (Å²) in [6.07, 6.45) is 0. The maximum Gasteiger partial charge on any atom is 0.326 e. The Bertz CT molecular complexity index is 483. The maximum atomic E-state index is 11.8. The summed E-state index contributed by atoms with van der Waals surface area (Å²) in [4.78, 5) is 22.9. The highest BCUT2D eigenvalue weighted by atomic mass is 16.5. The SMILES string of the molecule is Cc1noc(C)c1CNC(=O)N[C@H](C(=O)O)C(C)(C)C. The molecule has 1 atom stereocenters. The molecular weight excluding hydrogens is 262 g/mol. The summed E-state index contributed by atoms with van der Waals surface area (Å²) in [5, 5.41) is 18.0. The number of nitrogens with one attached hydrogen (secondary N) is 2. The van der Waals surface area contributed by atoms with Crippen LogP contribution in [0.1, 0.15) is 37.8 Å². The lowest BCUT2D eigenvalue weighted by molar-refractivity contribution is -0.141. The van der Waals surface area contributed by atoms with Crippen LogP contribution in [0.2, 0.25) is 0 Å². The minimum Gasteiger partial charge on any atom is -0.480 e. The van der Waals surface area contributed by atoms with Crippen molar-refractivity contribution in [2.75, 3.05) is 0 Å². The molecule has 0 aliphatic carbocycles. The summed E-state index contributed by atoms with van der Waals surface area (Å²) in [5.74, 6) is -0.432. The molecule has 0 aliphatic rings. The summed E-state index contributed by atoms with van der Waals surface area (Å²) in [6.45, 7) is 9.02. The molecular formula is C13H21N3O4. The molecule has 0 aromatic carbocycles. The fourth-order valence-corrected chi connectivity index (χ4v) is 1.75. The largest absolute Gasteiger partial charge is 0.480 e. The molecule has 1 rings (SSSR count). The number of hydrogen-bond donors (Lipinski definition) is 3. The molecule has 0 saturated heterocycles. The van der Waals surface area contributed by atoms with E-state index in [2.05, 4.69) is 15.8 Å². The zero-order valence-corrected chi connectivity index (χ0v) is 12.4. The van der Waals surface area contributed by atoms with Crippen LogP contribution in [-0.2, 0) is 11.3 Å². The molecule has 0 fully saturated rings. The third-order valence-electron chi connectivity index (χ3n) is 3.00. The molecule has 0 unspecified atom stereocenters. The molecule has 7 heteroatoms. The van der Waals surface area contributed by atoms with Gasteiger partial charge in [0.05, 0.1) is 5.69 Å². The Morgan fingerprint density at radius 3 is 2.35 bits per heavy atom. The van der Waals surface area contributed by atoms with Crippen molar-refractivity contribution in [3.05, 3.63) is 17.0 Å². The molecule has 7 nitrogen and oxygen atoms in total.